The number of hydrogen-bond donors (Lipinski definition) is 1. The van der Waals surface area contributed by atoms with E-state index in [0.29, 0.717) is 22.4 Å². The number of hydrogen-bond acceptors (Lipinski definition) is 3. The minimum absolute atomic E-state index is 0.0201. The molecule has 0 aliphatic rings. The van der Waals surface area contributed by atoms with Crippen molar-refractivity contribution in [1.82, 2.24) is 0 Å². The minimum Gasteiger partial charge on any atom is -0.478 e. The molecule has 2 aromatic rings. The highest BCUT2D eigenvalue weighted by Crippen LogP contribution is 2.32. The van der Waals surface area contributed by atoms with E-state index in [1.807, 2.05) is 6.07 Å². The van der Waals surface area contributed by atoms with Gasteiger partial charge in [0, 0.05) is 18.7 Å². The fourth-order valence-electron chi connectivity index (χ4n) is 2.02. The van der Waals surface area contributed by atoms with Crippen LogP contribution in [0.15, 0.2) is 54.6 Å². The fourth-order valence-corrected chi connectivity index (χ4v) is 2.02. The second-order valence-electron chi connectivity index (χ2n) is 4.45. The number of carboxylic acid groups (broad SMARTS) is 1. The van der Waals surface area contributed by atoms with Crippen LogP contribution in [-0.2, 0) is 9.53 Å². The Morgan fingerprint density at radius 1 is 1.23 bits per heavy atom. The Kier molecular flexibility index (Phi) is 5.27. The summed E-state index contributed by atoms with van der Waals surface area (Å²) in [5, 5.41) is 9.11. The maximum absolute atomic E-state index is 13.6. The molecule has 1 N–H and O–H groups in total. The summed E-state index contributed by atoms with van der Waals surface area (Å²) in [6.07, 6.45) is 1.03. The van der Waals surface area contributed by atoms with E-state index in [1.165, 1.54) is 25.3 Å². The Labute approximate surface area is 127 Å². The Morgan fingerprint density at radius 2 is 1.95 bits per heavy atom. The predicted molar refractivity (Wildman–Crippen MR) is 80.1 cm³/mol. The molecule has 0 fully saturated rings. The lowest BCUT2D eigenvalue weighted by molar-refractivity contribution is -0.131. The lowest BCUT2D eigenvalue weighted by atomic mass is 9.96. The van der Waals surface area contributed by atoms with E-state index >= 15 is 0 Å². The van der Waals surface area contributed by atoms with Crippen molar-refractivity contribution < 1.29 is 23.8 Å². The number of carboxylic acids is 1. The minimum atomic E-state index is -1.12. The van der Waals surface area contributed by atoms with Gasteiger partial charge in [0.1, 0.15) is 11.6 Å². The van der Waals surface area contributed by atoms with Crippen LogP contribution in [0.1, 0.15) is 11.1 Å². The molecule has 0 atom stereocenters. The molecule has 0 spiro atoms. The second-order valence-corrected chi connectivity index (χ2v) is 4.45. The molecule has 5 heteroatoms. The van der Waals surface area contributed by atoms with Crippen LogP contribution in [-0.4, -0.2) is 25.0 Å². The number of ether oxygens (including phenoxy) is 2. The molecular weight excluding hydrogens is 287 g/mol. The van der Waals surface area contributed by atoms with Crippen molar-refractivity contribution in [3.63, 3.8) is 0 Å². The molecule has 114 valence electrons. The van der Waals surface area contributed by atoms with Gasteiger partial charge < -0.3 is 14.6 Å². The predicted octanol–water partition coefficient (Wildman–Crippen LogP) is 3.32. The first-order chi connectivity index (χ1) is 10.6. The molecule has 0 bridgehead atoms. The van der Waals surface area contributed by atoms with Crippen molar-refractivity contribution in [2.24, 2.45) is 0 Å². The summed E-state index contributed by atoms with van der Waals surface area (Å²) in [5.41, 5.74) is 1.36. The van der Waals surface area contributed by atoms with E-state index in [0.717, 1.165) is 6.08 Å². The molecule has 0 amide bonds. The summed E-state index contributed by atoms with van der Waals surface area (Å²) in [6, 6.07) is 12.8. The quantitative estimate of drug-likeness (QED) is 0.657. The highest BCUT2D eigenvalue weighted by molar-refractivity contribution is 5.96. The summed E-state index contributed by atoms with van der Waals surface area (Å²) in [6.45, 7) is -0.0201. The third-order valence-electron chi connectivity index (χ3n) is 2.92. The van der Waals surface area contributed by atoms with Crippen molar-refractivity contribution in [1.29, 1.82) is 0 Å². The van der Waals surface area contributed by atoms with Crippen LogP contribution < -0.4 is 4.74 Å². The van der Waals surface area contributed by atoms with Crippen LogP contribution in [0.2, 0.25) is 0 Å². The first kappa shape index (κ1) is 15.7. The van der Waals surface area contributed by atoms with Crippen LogP contribution in [0.4, 0.5) is 4.39 Å². The van der Waals surface area contributed by atoms with Crippen LogP contribution in [0, 0.1) is 5.82 Å². The van der Waals surface area contributed by atoms with Crippen LogP contribution in [0.25, 0.3) is 5.57 Å². The van der Waals surface area contributed by atoms with Gasteiger partial charge in [-0.1, -0.05) is 30.3 Å². The smallest absolute Gasteiger partial charge is 0.328 e. The highest BCUT2D eigenvalue weighted by atomic mass is 19.1. The van der Waals surface area contributed by atoms with Gasteiger partial charge in [-0.3, -0.25) is 0 Å². The SMILES string of the molecule is COCOc1ccc(F)cc1C(=CC(=O)O)c1ccccc1. The van der Waals surface area contributed by atoms with Gasteiger partial charge in [-0.15, -0.1) is 0 Å². The standard InChI is InChI=1S/C17H15FO4/c1-21-11-22-16-8-7-13(18)9-15(16)14(10-17(19)20)12-5-3-2-4-6-12/h2-10H,11H2,1H3,(H,19,20). The highest BCUT2D eigenvalue weighted by Gasteiger charge is 2.14. The normalized spacial score (nSPS) is 11.3. The zero-order chi connectivity index (χ0) is 15.9. The second kappa shape index (κ2) is 7.38. The molecule has 0 saturated heterocycles. The third kappa shape index (κ3) is 3.93. The average molecular weight is 302 g/mol. The monoisotopic (exact) mass is 302 g/mol. The Bertz CT molecular complexity index is 680. The van der Waals surface area contributed by atoms with Gasteiger partial charge >= 0.3 is 5.97 Å². The molecule has 2 aromatic carbocycles. The largest absolute Gasteiger partial charge is 0.478 e. The summed E-state index contributed by atoms with van der Waals surface area (Å²) in [4.78, 5) is 11.1. The van der Waals surface area contributed by atoms with Gasteiger partial charge in [0.05, 0.1) is 0 Å². The number of benzene rings is 2. The topological polar surface area (TPSA) is 55.8 Å². The van der Waals surface area contributed by atoms with E-state index in [9.17, 15) is 9.18 Å². The average Bonchev–Trinajstić information content (AvgIpc) is 2.52. The van der Waals surface area contributed by atoms with Gasteiger partial charge in [0.15, 0.2) is 6.79 Å². The summed E-state index contributed by atoms with van der Waals surface area (Å²) < 4.78 is 23.9. The molecule has 0 heterocycles. The van der Waals surface area contributed by atoms with E-state index in [4.69, 9.17) is 14.6 Å². The lowest BCUT2D eigenvalue weighted by Gasteiger charge is -2.14. The molecular formula is C17H15FO4. The number of rotatable bonds is 6. The van der Waals surface area contributed by atoms with Crippen molar-refractivity contribution in [2.75, 3.05) is 13.9 Å². The summed E-state index contributed by atoms with van der Waals surface area (Å²) >= 11 is 0. The zero-order valence-electron chi connectivity index (χ0n) is 12.0. The van der Waals surface area contributed by atoms with Crippen LogP contribution in [0.3, 0.4) is 0 Å². The fraction of sp³-hybridized carbons (Fsp3) is 0.118. The van der Waals surface area contributed by atoms with Gasteiger partial charge in [-0.25, -0.2) is 9.18 Å². The molecule has 0 radical (unpaired) electrons. The van der Waals surface area contributed by atoms with Gasteiger partial charge in [-0.2, -0.15) is 0 Å². The third-order valence-corrected chi connectivity index (χ3v) is 2.92. The first-order valence-corrected chi connectivity index (χ1v) is 6.53. The molecule has 0 saturated carbocycles. The number of carbonyl (C=O) groups is 1. The van der Waals surface area contributed by atoms with E-state index in [-0.39, 0.29) is 6.79 Å². The van der Waals surface area contributed by atoms with Gasteiger partial charge in [0.2, 0.25) is 0 Å². The number of halogens is 1. The van der Waals surface area contributed by atoms with E-state index < -0.39 is 11.8 Å². The van der Waals surface area contributed by atoms with Crippen molar-refractivity contribution in [2.45, 2.75) is 0 Å². The van der Waals surface area contributed by atoms with E-state index in [2.05, 4.69) is 0 Å². The Balaban J connectivity index is 2.57. The Morgan fingerprint density at radius 3 is 2.59 bits per heavy atom. The van der Waals surface area contributed by atoms with Crippen LogP contribution in [0.5, 0.6) is 5.75 Å². The molecule has 22 heavy (non-hydrogen) atoms. The van der Waals surface area contributed by atoms with Gasteiger partial charge in [-0.05, 0) is 29.3 Å². The lowest BCUT2D eigenvalue weighted by Crippen LogP contribution is -2.03. The molecule has 0 aliphatic carbocycles. The molecule has 0 unspecified atom stereocenters. The zero-order valence-corrected chi connectivity index (χ0v) is 12.0. The maximum atomic E-state index is 13.6. The molecule has 0 aliphatic heterocycles. The maximum Gasteiger partial charge on any atom is 0.328 e. The molecule has 4 nitrogen and oxygen atoms in total. The summed E-state index contributed by atoms with van der Waals surface area (Å²) in [5.74, 6) is -1.26. The van der Waals surface area contributed by atoms with Crippen molar-refractivity contribution in [3.8, 4) is 5.75 Å². The molecule has 2 rings (SSSR count). The number of aliphatic carboxylic acids is 1. The van der Waals surface area contributed by atoms with Gasteiger partial charge in [0.25, 0.3) is 0 Å². The Hall–Kier alpha value is -2.66. The van der Waals surface area contributed by atoms with Crippen molar-refractivity contribution in [3.05, 3.63) is 71.6 Å². The number of methoxy groups -OCH3 is 1. The molecule has 0 aromatic heterocycles. The van der Waals surface area contributed by atoms with Crippen molar-refractivity contribution >= 4 is 11.5 Å². The first-order valence-electron chi connectivity index (χ1n) is 6.53. The van der Waals surface area contributed by atoms with E-state index in [1.54, 1.807) is 24.3 Å². The van der Waals surface area contributed by atoms with Crippen LogP contribution >= 0.6 is 0 Å². The summed E-state index contributed by atoms with van der Waals surface area (Å²) in [7, 11) is 1.47.